The van der Waals surface area contributed by atoms with Gasteiger partial charge in [0.1, 0.15) is 0 Å². The molecule has 1 aliphatic rings. The van der Waals surface area contributed by atoms with Gasteiger partial charge in [0.05, 0.1) is 0 Å². The molecule has 1 aromatic carbocycles. The number of rotatable bonds is 4. The predicted octanol–water partition coefficient (Wildman–Crippen LogP) is 3.41. The van der Waals surface area contributed by atoms with Crippen molar-refractivity contribution in [3.05, 3.63) is 34.9 Å². The maximum absolute atomic E-state index is 6.00. The minimum absolute atomic E-state index is 0. The third-order valence-corrected chi connectivity index (χ3v) is 3.70. The van der Waals surface area contributed by atoms with E-state index >= 15 is 0 Å². The largest absolute Gasteiger partial charge is 0.316 e. The summed E-state index contributed by atoms with van der Waals surface area (Å²) in [6.45, 7) is 5.61. The van der Waals surface area contributed by atoms with Gasteiger partial charge in [-0.3, -0.25) is 0 Å². The number of piperidine rings is 1. The Kier molecular flexibility index (Phi) is 7.02. The van der Waals surface area contributed by atoms with Crippen molar-refractivity contribution in [1.82, 2.24) is 10.6 Å². The quantitative estimate of drug-likeness (QED) is 0.887. The molecule has 0 aliphatic carbocycles. The summed E-state index contributed by atoms with van der Waals surface area (Å²) in [5, 5.41) is 7.86. The van der Waals surface area contributed by atoms with Gasteiger partial charge in [0.15, 0.2) is 0 Å². The van der Waals surface area contributed by atoms with E-state index in [1.54, 1.807) is 0 Å². The second-order valence-corrected chi connectivity index (χ2v) is 5.33. The Balaban J connectivity index is 0.00000162. The van der Waals surface area contributed by atoms with Crippen molar-refractivity contribution in [3.8, 4) is 0 Å². The molecule has 0 amide bonds. The van der Waals surface area contributed by atoms with E-state index < -0.39 is 0 Å². The lowest BCUT2D eigenvalue weighted by Crippen LogP contribution is -2.36. The highest BCUT2D eigenvalue weighted by Gasteiger charge is 2.14. The average molecular weight is 289 g/mol. The molecule has 0 spiro atoms. The summed E-state index contributed by atoms with van der Waals surface area (Å²) in [6.07, 6.45) is 2.64. The van der Waals surface area contributed by atoms with Gasteiger partial charge in [-0.1, -0.05) is 23.7 Å². The normalized spacial score (nSPS) is 21.1. The van der Waals surface area contributed by atoms with E-state index in [0.29, 0.717) is 6.04 Å². The van der Waals surface area contributed by atoms with E-state index in [9.17, 15) is 0 Å². The molecule has 18 heavy (non-hydrogen) atoms. The molecule has 4 heteroatoms. The fourth-order valence-corrected chi connectivity index (χ4v) is 2.53. The lowest BCUT2D eigenvalue weighted by Gasteiger charge is -2.25. The number of halogens is 2. The molecule has 0 aromatic heterocycles. The lowest BCUT2D eigenvalue weighted by atomic mass is 9.99. The van der Waals surface area contributed by atoms with Crippen molar-refractivity contribution in [3.63, 3.8) is 0 Å². The van der Waals surface area contributed by atoms with Crippen molar-refractivity contribution in [2.75, 3.05) is 19.6 Å². The van der Waals surface area contributed by atoms with Crippen molar-refractivity contribution < 1.29 is 0 Å². The van der Waals surface area contributed by atoms with Crippen molar-refractivity contribution in [1.29, 1.82) is 0 Å². The Morgan fingerprint density at radius 1 is 1.50 bits per heavy atom. The van der Waals surface area contributed by atoms with E-state index in [1.165, 1.54) is 24.9 Å². The molecule has 1 heterocycles. The van der Waals surface area contributed by atoms with Gasteiger partial charge in [-0.05, 0) is 63.0 Å². The first-order valence-electron chi connectivity index (χ1n) is 6.45. The molecule has 2 rings (SSSR count). The predicted molar refractivity (Wildman–Crippen MR) is 80.7 cm³/mol. The molecular formula is C14H22Cl2N2. The van der Waals surface area contributed by atoms with Crippen LogP contribution >= 0.6 is 24.0 Å². The molecule has 0 radical (unpaired) electrons. The summed E-state index contributed by atoms with van der Waals surface area (Å²) in [4.78, 5) is 0. The Hall–Kier alpha value is -0.280. The molecule has 2 nitrogen and oxygen atoms in total. The molecule has 0 saturated carbocycles. The van der Waals surface area contributed by atoms with E-state index in [4.69, 9.17) is 11.6 Å². The molecule has 1 aliphatic heterocycles. The van der Waals surface area contributed by atoms with Crippen LogP contribution in [0.3, 0.4) is 0 Å². The van der Waals surface area contributed by atoms with E-state index in [2.05, 4.69) is 23.6 Å². The fraction of sp³-hybridized carbons (Fsp3) is 0.571. The standard InChI is InChI=1S/C14H21ClN2.ClH/c1-11(13-5-2-6-14(15)8-13)17-10-12-4-3-7-16-9-12;/h2,5-6,8,11-12,16-17H,3-4,7,9-10H2,1H3;1H. The van der Waals surface area contributed by atoms with E-state index in [0.717, 1.165) is 24.0 Å². The highest BCUT2D eigenvalue weighted by Crippen LogP contribution is 2.18. The molecule has 2 atom stereocenters. The van der Waals surface area contributed by atoms with Crippen LogP contribution in [0.15, 0.2) is 24.3 Å². The third-order valence-electron chi connectivity index (χ3n) is 3.46. The second-order valence-electron chi connectivity index (χ2n) is 4.90. The summed E-state index contributed by atoms with van der Waals surface area (Å²) in [5.74, 6) is 0.769. The molecule has 2 unspecified atom stereocenters. The van der Waals surface area contributed by atoms with E-state index in [1.807, 2.05) is 18.2 Å². The zero-order valence-electron chi connectivity index (χ0n) is 10.8. The summed E-state index contributed by atoms with van der Waals surface area (Å²) < 4.78 is 0. The zero-order valence-corrected chi connectivity index (χ0v) is 12.4. The van der Waals surface area contributed by atoms with Crippen LogP contribution in [-0.2, 0) is 0 Å². The topological polar surface area (TPSA) is 24.1 Å². The molecule has 1 aromatic rings. The fourth-order valence-electron chi connectivity index (χ4n) is 2.34. The van der Waals surface area contributed by atoms with Crippen LogP contribution in [0.5, 0.6) is 0 Å². The molecule has 2 N–H and O–H groups in total. The maximum atomic E-state index is 6.00. The van der Waals surface area contributed by atoms with Crippen molar-refractivity contribution in [2.45, 2.75) is 25.8 Å². The maximum Gasteiger partial charge on any atom is 0.0409 e. The first-order valence-corrected chi connectivity index (χ1v) is 6.83. The van der Waals surface area contributed by atoms with Gasteiger partial charge in [-0.25, -0.2) is 0 Å². The van der Waals surface area contributed by atoms with E-state index in [-0.39, 0.29) is 12.4 Å². The number of benzene rings is 1. The molecule has 0 bridgehead atoms. The number of hydrogen-bond donors (Lipinski definition) is 2. The molecular weight excluding hydrogens is 267 g/mol. The first kappa shape index (κ1) is 15.8. The van der Waals surface area contributed by atoms with Gasteiger partial charge in [-0.2, -0.15) is 0 Å². The highest BCUT2D eigenvalue weighted by molar-refractivity contribution is 6.30. The van der Waals surface area contributed by atoms with Crippen LogP contribution in [0.4, 0.5) is 0 Å². The van der Waals surface area contributed by atoms with Gasteiger partial charge in [0.2, 0.25) is 0 Å². The number of nitrogens with one attached hydrogen (secondary N) is 2. The Morgan fingerprint density at radius 3 is 3.00 bits per heavy atom. The molecule has 1 saturated heterocycles. The smallest absolute Gasteiger partial charge is 0.0409 e. The Labute approximate surface area is 121 Å². The van der Waals surface area contributed by atoms with Gasteiger partial charge in [0.25, 0.3) is 0 Å². The van der Waals surface area contributed by atoms with Crippen molar-refractivity contribution in [2.24, 2.45) is 5.92 Å². The average Bonchev–Trinajstić information content (AvgIpc) is 2.37. The molecule has 1 fully saturated rings. The van der Waals surface area contributed by atoms with Gasteiger partial charge >= 0.3 is 0 Å². The lowest BCUT2D eigenvalue weighted by molar-refractivity contribution is 0.348. The van der Waals surface area contributed by atoms with Gasteiger partial charge in [0, 0.05) is 11.1 Å². The third kappa shape index (κ3) is 4.77. The van der Waals surface area contributed by atoms with Crippen LogP contribution in [0.25, 0.3) is 0 Å². The minimum atomic E-state index is 0. The monoisotopic (exact) mass is 288 g/mol. The Morgan fingerprint density at radius 2 is 2.33 bits per heavy atom. The van der Waals surface area contributed by atoms with Gasteiger partial charge in [-0.15, -0.1) is 12.4 Å². The van der Waals surface area contributed by atoms with Gasteiger partial charge < -0.3 is 10.6 Å². The summed E-state index contributed by atoms with van der Waals surface area (Å²) >= 11 is 6.00. The summed E-state index contributed by atoms with van der Waals surface area (Å²) in [6, 6.07) is 8.47. The van der Waals surface area contributed by atoms with Crippen molar-refractivity contribution >= 4 is 24.0 Å². The van der Waals surface area contributed by atoms with Crippen LogP contribution in [0, 0.1) is 5.92 Å². The molecule has 102 valence electrons. The van der Waals surface area contributed by atoms with Crippen LogP contribution in [0.1, 0.15) is 31.4 Å². The summed E-state index contributed by atoms with van der Waals surface area (Å²) in [7, 11) is 0. The van der Waals surface area contributed by atoms with Crippen LogP contribution < -0.4 is 10.6 Å². The zero-order chi connectivity index (χ0) is 12.1. The highest BCUT2D eigenvalue weighted by atomic mass is 35.5. The number of hydrogen-bond acceptors (Lipinski definition) is 2. The second kappa shape index (κ2) is 8.00. The summed E-state index contributed by atoms with van der Waals surface area (Å²) in [5.41, 5.74) is 1.27. The van der Waals surface area contributed by atoms with Crippen LogP contribution in [0.2, 0.25) is 5.02 Å². The SMILES string of the molecule is CC(NCC1CCCNC1)c1cccc(Cl)c1.Cl. The minimum Gasteiger partial charge on any atom is -0.316 e. The van der Waals surface area contributed by atoms with Crippen LogP contribution in [-0.4, -0.2) is 19.6 Å². The Bertz CT molecular complexity index is 351. The first-order chi connectivity index (χ1) is 8.25.